The molecule has 2 aromatic rings. The minimum Gasteiger partial charge on any atom is -0.128 e. The van der Waals surface area contributed by atoms with Crippen LogP contribution in [0.2, 0.25) is 4.34 Å². The van der Waals surface area contributed by atoms with E-state index in [2.05, 4.69) is 41.0 Å². The zero-order chi connectivity index (χ0) is 9.42. The fourth-order valence-corrected chi connectivity index (χ4v) is 4.38. The maximum absolute atomic E-state index is 5.96. The van der Waals surface area contributed by atoms with E-state index >= 15 is 0 Å². The van der Waals surface area contributed by atoms with Gasteiger partial charge in [0.05, 0.1) is 9.04 Å². The Morgan fingerprint density at radius 1 is 1.46 bits per heavy atom. The fourth-order valence-electron chi connectivity index (χ4n) is 1.18. The highest BCUT2D eigenvalue weighted by molar-refractivity contribution is 14.1. The lowest BCUT2D eigenvalue weighted by Crippen LogP contribution is -1.76. The lowest BCUT2D eigenvalue weighted by molar-refractivity contribution is 1.47. The van der Waals surface area contributed by atoms with Crippen LogP contribution >= 0.6 is 57.3 Å². The van der Waals surface area contributed by atoms with Crippen molar-refractivity contribution >= 4 is 67.4 Å². The molecular weight excluding hydrogens is 335 g/mol. The van der Waals surface area contributed by atoms with E-state index in [0.717, 1.165) is 4.34 Å². The minimum atomic E-state index is 0.867. The second kappa shape index (κ2) is 3.96. The molecule has 0 saturated heterocycles. The number of thioether (sulfide) groups is 1. The molecular formula is C9H6ClIS2. The predicted molar refractivity (Wildman–Crippen MR) is 71.3 cm³/mol. The maximum atomic E-state index is 5.96. The molecule has 0 fully saturated rings. The highest BCUT2D eigenvalue weighted by atomic mass is 127. The van der Waals surface area contributed by atoms with Gasteiger partial charge in [0.25, 0.3) is 0 Å². The molecule has 0 N–H and O–H groups in total. The summed E-state index contributed by atoms with van der Waals surface area (Å²) in [5, 5.41) is 1.25. The molecule has 0 unspecified atom stereocenters. The summed E-state index contributed by atoms with van der Waals surface area (Å²) in [6.45, 7) is 0. The summed E-state index contributed by atoms with van der Waals surface area (Å²) in [6.07, 6.45) is 2.10. The van der Waals surface area contributed by atoms with E-state index in [1.165, 1.54) is 18.6 Å². The predicted octanol–water partition coefficient (Wildman–Crippen LogP) is 4.88. The first kappa shape index (κ1) is 10.1. The Hall–Kier alpha value is 0.550. The second-order valence-electron chi connectivity index (χ2n) is 2.55. The largest absolute Gasteiger partial charge is 0.128 e. The van der Waals surface area contributed by atoms with Gasteiger partial charge in [0.2, 0.25) is 0 Å². The number of benzene rings is 1. The maximum Gasteiger partial charge on any atom is 0.0941 e. The average Bonchev–Trinajstić information content (AvgIpc) is 2.47. The first-order valence-electron chi connectivity index (χ1n) is 3.64. The SMILES string of the molecule is CSc1ccc2cc(Cl)sc2c1I. The van der Waals surface area contributed by atoms with Crippen molar-refractivity contribution in [3.05, 3.63) is 26.1 Å². The van der Waals surface area contributed by atoms with Crippen molar-refractivity contribution in [1.82, 2.24) is 0 Å². The Labute approximate surface area is 104 Å². The minimum absolute atomic E-state index is 0.867. The van der Waals surface area contributed by atoms with E-state index in [-0.39, 0.29) is 0 Å². The van der Waals surface area contributed by atoms with Crippen molar-refractivity contribution in [2.45, 2.75) is 4.90 Å². The summed E-state index contributed by atoms with van der Waals surface area (Å²) in [7, 11) is 0. The Bertz CT molecular complexity index is 450. The van der Waals surface area contributed by atoms with Gasteiger partial charge in [-0.3, -0.25) is 0 Å². The molecule has 2 rings (SSSR count). The van der Waals surface area contributed by atoms with Gasteiger partial charge in [0.15, 0.2) is 0 Å². The quantitative estimate of drug-likeness (QED) is 0.526. The lowest BCUT2D eigenvalue weighted by atomic mass is 10.3. The molecule has 0 aliphatic carbocycles. The van der Waals surface area contributed by atoms with Crippen molar-refractivity contribution in [2.24, 2.45) is 0 Å². The van der Waals surface area contributed by atoms with Gasteiger partial charge < -0.3 is 0 Å². The molecule has 0 radical (unpaired) electrons. The zero-order valence-electron chi connectivity index (χ0n) is 6.80. The standard InChI is InChI=1S/C9H6ClIS2/c1-12-6-3-2-5-4-7(10)13-9(5)8(6)11/h2-4H,1H3. The topological polar surface area (TPSA) is 0 Å². The number of thiophene rings is 1. The van der Waals surface area contributed by atoms with Gasteiger partial charge in [-0.05, 0) is 46.4 Å². The molecule has 0 saturated carbocycles. The Morgan fingerprint density at radius 2 is 2.23 bits per heavy atom. The fraction of sp³-hybridized carbons (Fsp3) is 0.111. The summed E-state index contributed by atoms with van der Waals surface area (Å²) < 4.78 is 3.49. The average molecular weight is 341 g/mol. The molecule has 0 bridgehead atoms. The molecule has 1 aromatic carbocycles. The van der Waals surface area contributed by atoms with Crippen LogP contribution in [0.5, 0.6) is 0 Å². The Balaban J connectivity index is 2.78. The van der Waals surface area contributed by atoms with E-state index in [1.807, 2.05) is 6.07 Å². The number of hydrogen-bond acceptors (Lipinski definition) is 2. The first-order valence-corrected chi connectivity index (χ1v) is 7.13. The van der Waals surface area contributed by atoms with Crippen molar-refractivity contribution in [3.63, 3.8) is 0 Å². The van der Waals surface area contributed by atoms with Crippen LogP contribution in [0.15, 0.2) is 23.1 Å². The van der Waals surface area contributed by atoms with Gasteiger partial charge in [0.1, 0.15) is 0 Å². The zero-order valence-corrected chi connectivity index (χ0v) is 11.4. The van der Waals surface area contributed by atoms with Gasteiger partial charge in [-0.15, -0.1) is 23.1 Å². The number of fused-ring (bicyclic) bond motifs is 1. The van der Waals surface area contributed by atoms with Crippen LogP contribution in [-0.2, 0) is 0 Å². The molecule has 68 valence electrons. The molecule has 0 spiro atoms. The summed E-state index contributed by atoms with van der Waals surface area (Å²) in [6, 6.07) is 6.30. The molecule has 0 aliphatic heterocycles. The third-order valence-corrected chi connectivity index (χ3v) is 5.71. The van der Waals surface area contributed by atoms with Crippen molar-refractivity contribution in [3.8, 4) is 0 Å². The van der Waals surface area contributed by atoms with E-state index < -0.39 is 0 Å². The molecule has 0 nitrogen and oxygen atoms in total. The monoisotopic (exact) mass is 340 g/mol. The van der Waals surface area contributed by atoms with Crippen molar-refractivity contribution in [1.29, 1.82) is 0 Å². The summed E-state index contributed by atoms with van der Waals surface area (Å²) in [4.78, 5) is 1.33. The molecule has 13 heavy (non-hydrogen) atoms. The number of rotatable bonds is 1. The molecule has 1 aromatic heterocycles. The van der Waals surface area contributed by atoms with Crippen LogP contribution < -0.4 is 0 Å². The van der Waals surface area contributed by atoms with Crippen LogP contribution in [0.25, 0.3) is 10.1 Å². The van der Waals surface area contributed by atoms with Gasteiger partial charge in [-0.2, -0.15) is 0 Å². The van der Waals surface area contributed by atoms with E-state index in [1.54, 1.807) is 23.1 Å². The van der Waals surface area contributed by atoms with E-state index in [9.17, 15) is 0 Å². The molecule has 0 aliphatic rings. The van der Waals surface area contributed by atoms with Crippen molar-refractivity contribution < 1.29 is 0 Å². The Kier molecular flexibility index (Phi) is 3.07. The van der Waals surface area contributed by atoms with Gasteiger partial charge in [-0.25, -0.2) is 0 Å². The first-order chi connectivity index (χ1) is 6.22. The third-order valence-electron chi connectivity index (χ3n) is 1.78. The van der Waals surface area contributed by atoms with E-state index in [4.69, 9.17) is 11.6 Å². The normalized spacial score (nSPS) is 11.0. The molecule has 1 heterocycles. The highest BCUT2D eigenvalue weighted by Crippen LogP contribution is 2.36. The van der Waals surface area contributed by atoms with Crippen LogP contribution in [0.3, 0.4) is 0 Å². The molecule has 4 heteroatoms. The van der Waals surface area contributed by atoms with Gasteiger partial charge in [0, 0.05) is 8.47 Å². The van der Waals surface area contributed by atoms with Crippen LogP contribution in [0, 0.1) is 3.57 Å². The second-order valence-corrected chi connectivity index (χ2v) is 6.16. The summed E-state index contributed by atoms with van der Waals surface area (Å²) in [5.74, 6) is 0. The van der Waals surface area contributed by atoms with E-state index in [0.29, 0.717) is 0 Å². The Morgan fingerprint density at radius 3 is 2.92 bits per heavy atom. The number of halogens is 2. The third kappa shape index (κ3) is 1.84. The van der Waals surface area contributed by atoms with Gasteiger partial charge in [-0.1, -0.05) is 17.7 Å². The number of hydrogen-bond donors (Lipinski definition) is 0. The van der Waals surface area contributed by atoms with Crippen LogP contribution in [0.1, 0.15) is 0 Å². The van der Waals surface area contributed by atoms with Crippen molar-refractivity contribution in [2.75, 3.05) is 6.26 Å². The lowest BCUT2D eigenvalue weighted by Gasteiger charge is -2.00. The summed E-state index contributed by atoms with van der Waals surface area (Å²) in [5.41, 5.74) is 0. The smallest absolute Gasteiger partial charge is 0.0941 e. The summed E-state index contributed by atoms with van der Waals surface area (Å²) >= 11 is 11.8. The van der Waals surface area contributed by atoms with Crippen LogP contribution in [0.4, 0.5) is 0 Å². The molecule has 0 atom stereocenters. The molecule has 0 amide bonds. The van der Waals surface area contributed by atoms with Crippen LogP contribution in [-0.4, -0.2) is 6.26 Å². The highest BCUT2D eigenvalue weighted by Gasteiger charge is 2.07. The van der Waals surface area contributed by atoms with Gasteiger partial charge >= 0.3 is 0 Å².